The highest BCUT2D eigenvalue weighted by Crippen LogP contribution is 2.26. The summed E-state index contributed by atoms with van der Waals surface area (Å²) in [6, 6.07) is 13.2. The Morgan fingerprint density at radius 1 is 1.14 bits per heavy atom. The van der Waals surface area contributed by atoms with Crippen LogP contribution in [0.25, 0.3) is 0 Å². The van der Waals surface area contributed by atoms with Crippen molar-refractivity contribution in [3.63, 3.8) is 0 Å². The van der Waals surface area contributed by atoms with Gasteiger partial charge in [-0.3, -0.25) is 9.59 Å². The topological polar surface area (TPSA) is 63.6 Å². The zero-order chi connectivity index (χ0) is 15.9. The summed E-state index contributed by atoms with van der Waals surface area (Å²) < 4.78 is 5.36. The van der Waals surface area contributed by atoms with Crippen LogP contribution >= 0.6 is 0 Å². The Labute approximate surface area is 128 Å². The molecule has 0 fully saturated rings. The van der Waals surface area contributed by atoms with Gasteiger partial charge in [0.1, 0.15) is 11.5 Å². The molecule has 0 saturated carbocycles. The molecule has 2 aromatic rings. The molecule has 4 nitrogen and oxygen atoms in total. The lowest BCUT2D eigenvalue weighted by atomic mass is 10.0. The van der Waals surface area contributed by atoms with Crippen molar-refractivity contribution in [1.29, 1.82) is 0 Å². The number of carbonyl (C=O) groups excluding carboxylic acids is 2. The van der Waals surface area contributed by atoms with E-state index in [1.54, 1.807) is 30.3 Å². The molecular weight excluding hydrogens is 280 g/mol. The molecule has 0 bridgehead atoms. The van der Waals surface area contributed by atoms with Crippen LogP contribution in [0.1, 0.15) is 22.3 Å². The molecule has 0 amide bonds. The number of hydrogen-bond donors (Lipinski definition) is 1. The highest BCUT2D eigenvalue weighted by molar-refractivity contribution is 6.10. The van der Waals surface area contributed by atoms with Gasteiger partial charge in [0.25, 0.3) is 0 Å². The third-order valence-electron chi connectivity index (χ3n) is 3.09. The van der Waals surface area contributed by atoms with E-state index in [1.807, 2.05) is 6.07 Å². The number of aromatic hydroxyl groups is 1. The van der Waals surface area contributed by atoms with Gasteiger partial charge in [0.2, 0.25) is 0 Å². The fourth-order valence-electron chi connectivity index (χ4n) is 1.91. The molecule has 0 aromatic heterocycles. The molecule has 112 valence electrons. The summed E-state index contributed by atoms with van der Waals surface area (Å²) in [6.07, 6.45) is 1.46. The van der Waals surface area contributed by atoms with Crippen molar-refractivity contribution < 1.29 is 19.4 Å². The molecule has 0 aliphatic heterocycles. The summed E-state index contributed by atoms with van der Waals surface area (Å²) in [5, 5.41) is 9.99. The van der Waals surface area contributed by atoms with Gasteiger partial charge in [-0.05, 0) is 18.2 Å². The lowest BCUT2D eigenvalue weighted by Crippen LogP contribution is -2.05. The Kier molecular flexibility index (Phi) is 5.09. The van der Waals surface area contributed by atoms with E-state index >= 15 is 0 Å². The van der Waals surface area contributed by atoms with Gasteiger partial charge < -0.3 is 9.84 Å². The highest BCUT2D eigenvalue weighted by Gasteiger charge is 2.14. The van der Waals surface area contributed by atoms with Gasteiger partial charge in [-0.1, -0.05) is 36.9 Å². The van der Waals surface area contributed by atoms with E-state index in [0.717, 1.165) is 0 Å². The van der Waals surface area contributed by atoms with Crippen molar-refractivity contribution >= 4 is 11.6 Å². The highest BCUT2D eigenvalue weighted by atomic mass is 16.5. The maximum absolute atomic E-state index is 12.3. The SMILES string of the molecule is C=CC(=O)CCOc1ccc(C(=O)c2ccccc2)c(O)c1. The van der Waals surface area contributed by atoms with Gasteiger partial charge in [-0.15, -0.1) is 0 Å². The Morgan fingerprint density at radius 2 is 1.86 bits per heavy atom. The molecule has 1 N–H and O–H groups in total. The summed E-state index contributed by atoms with van der Waals surface area (Å²) in [4.78, 5) is 23.3. The quantitative estimate of drug-likeness (QED) is 0.629. The number of phenols is 1. The minimum Gasteiger partial charge on any atom is -0.507 e. The first-order valence-corrected chi connectivity index (χ1v) is 6.82. The first-order chi connectivity index (χ1) is 10.6. The van der Waals surface area contributed by atoms with Crippen LogP contribution in [0.15, 0.2) is 61.2 Å². The Bertz CT molecular complexity index is 689. The predicted molar refractivity (Wildman–Crippen MR) is 83.3 cm³/mol. The van der Waals surface area contributed by atoms with Gasteiger partial charge in [-0.25, -0.2) is 0 Å². The molecule has 22 heavy (non-hydrogen) atoms. The van der Waals surface area contributed by atoms with Gasteiger partial charge in [0, 0.05) is 18.1 Å². The second-order valence-corrected chi connectivity index (χ2v) is 4.64. The zero-order valence-corrected chi connectivity index (χ0v) is 12.0. The normalized spacial score (nSPS) is 10.0. The average molecular weight is 296 g/mol. The van der Waals surface area contributed by atoms with Crippen molar-refractivity contribution in [1.82, 2.24) is 0 Å². The van der Waals surface area contributed by atoms with Gasteiger partial charge >= 0.3 is 0 Å². The van der Waals surface area contributed by atoms with E-state index in [-0.39, 0.29) is 35.9 Å². The van der Waals surface area contributed by atoms with E-state index in [1.165, 1.54) is 18.2 Å². The molecule has 2 aromatic carbocycles. The molecule has 2 rings (SSSR count). The minimum atomic E-state index is -0.258. The second-order valence-electron chi connectivity index (χ2n) is 4.64. The van der Waals surface area contributed by atoms with Crippen LogP contribution in [0.4, 0.5) is 0 Å². The van der Waals surface area contributed by atoms with Gasteiger partial charge in [0.05, 0.1) is 12.2 Å². The Balaban J connectivity index is 2.08. The van der Waals surface area contributed by atoms with Crippen LogP contribution < -0.4 is 4.74 Å². The number of rotatable bonds is 7. The predicted octanol–water partition coefficient (Wildman–Crippen LogP) is 3.15. The molecular formula is C18H16O4. The van der Waals surface area contributed by atoms with Gasteiger partial charge in [0.15, 0.2) is 11.6 Å². The van der Waals surface area contributed by atoms with Crippen molar-refractivity contribution in [2.24, 2.45) is 0 Å². The average Bonchev–Trinajstić information content (AvgIpc) is 2.55. The number of ether oxygens (including phenoxy) is 1. The monoisotopic (exact) mass is 296 g/mol. The Hall–Kier alpha value is -2.88. The van der Waals surface area contributed by atoms with Crippen molar-refractivity contribution in [3.05, 3.63) is 72.3 Å². The maximum atomic E-state index is 12.3. The van der Waals surface area contributed by atoms with Crippen molar-refractivity contribution in [2.75, 3.05) is 6.61 Å². The summed E-state index contributed by atoms with van der Waals surface area (Å²) in [7, 11) is 0. The van der Waals surface area contributed by atoms with Gasteiger partial charge in [-0.2, -0.15) is 0 Å². The molecule has 0 aliphatic rings. The number of carbonyl (C=O) groups is 2. The minimum absolute atomic E-state index is 0.111. The summed E-state index contributed by atoms with van der Waals surface area (Å²) in [5.41, 5.74) is 0.712. The summed E-state index contributed by atoms with van der Waals surface area (Å²) in [5.74, 6) is -0.119. The van der Waals surface area contributed by atoms with E-state index in [0.29, 0.717) is 11.3 Å². The third-order valence-corrected chi connectivity index (χ3v) is 3.09. The smallest absolute Gasteiger partial charge is 0.196 e. The van der Waals surface area contributed by atoms with Crippen LogP contribution in [-0.2, 0) is 4.79 Å². The summed E-state index contributed by atoms with van der Waals surface area (Å²) >= 11 is 0. The fraction of sp³-hybridized carbons (Fsp3) is 0.111. The van der Waals surface area contributed by atoms with Crippen molar-refractivity contribution in [3.8, 4) is 11.5 Å². The van der Waals surface area contributed by atoms with E-state index in [4.69, 9.17) is 4.74 Å². The molecule has 0 spiro atoms. The van der Waals surface area contributed by atoms with Crippen LogP contribution in [0.2, 0.25) is 0 Å². The summed E-state index contributed by atoms with van der Waals surface area (Å²) in [6.45, 7) is 3.57. The van der Waals surface area contributed by atoms with Crippen LogP contribution in [-0.4, -0.2) is 23.3 Å². The molecule has 0 atom stereocenters. The maximum Gasteiger partial charge on any atom is 0.196 e. The molecule has 4 heteroatoms. The third kappa shape index (κ3) is 3.82. The van der Waals surface area contributed by atoms with Crippen LogP contribution in [0.5, 0.6) is 11.5 Å². The number of phenolic OH excluding ortho intramolecular Hbond substituents is 1. The fourth-order valence-corrected chi connectivity index (χ4v) is 1.91. The first kappa shape index (κ1) is 15.5. The molecule has 0 radical (unpaired) electrons. The molecule has 0 unspecified atom stereocenters. The standard InChI is InChI=1S/C18H16O4/c1-2-14(19)10-11-22-15-8-9-16(17(20)12-15)18(21)13-6-4-3-5-7-13/h2-9,12,20H,1,10-11H2. The number of allylic oxidation sites excluding steroid dienone is 1. The van der Waals surface area contributed by atoms with E-state index < -0.39 is 0 Å². The van der Waals surface area contributed by atoms with Crippen molar-refractivity contribution in [2.45, 2.75) is 6.42 Å². The number of benzene rings is 2. The molecule has 0 saturated heterocycles. The largest absolute Gasteiger partial charge is 0.507 e. The van der Waals surface area contributed by atoms with E-state index in [2.05, 4.69) is 6.58 Å². The lowest BCUT2D eigenvalue weighted by molar-refractivity contribution is -0.115. The zero-order valence-electron chi connectivity index (χ0n) is 12.0. The van der Waals surface area contributed by atoms with E-state index in [9.17, 15) is 14.7 Å². The second kappa shape index (κ2) is 7.22. The Morgan fingerprint density at radius 3 is 2.50 bits per heavy atom. The first-order valence-electron chi connectivity index (χ1n) is 6.82. The number of hydrogen-bond acceptors (Lipinski definition) is 4. The lowest BCUT2D eigenvalue weighted by Gasteiger charge is -2.08. The molecule has 0 aliphatic carbocycles. The van der Waals surface area contributed by atoms with Crippen LogP contribution in [0.3, 0.4) is 0 Å². The number of ketones is 2. The molecule has 0 heterocycles. The van der Waals surface area contributed by atoms with Crippen LogP contribution in [0, 0.1) is 0 Å².